The second-order valence-electron chi connectivity index (χ2n) is 5.87. The summed E-state index contributed by atoms with van der Waals surface area (Å²) >= 11 is 0. The van der Waals surface area contributed by atoms with E-state index in [2.05, 4.69) is 15.4 Å². The minimum absolute atomic E-state index is 0.113. The quantitative estimate of drug-likeness (QED) is 0.793. The third-order valence-electron chi connectivity index (χ3n) is 4.18. The van der Waals surface area contributed by atoms with Crippen molar-refractivity contribution in [2.24, 2.45) is 0 Å². The van der Waals surface area contributed by atoms with Crippen LogP contribution in [0.5, 0.6) is 5.75 Å². The van der Waals surface area contributed by atoms with E-state index < -0.39 is 24.8 Å². The molecule has 2 amide bonds. The number of aliphatic hydroxyl groups excluding tert-OH is 1. The topological polar surface area (TPSA) is 70.6 Å². The number of carbonyl (C=O) groups is 1. The minimum Gasteiger partial charge on any atom is -0.433 e. The highest BCUT2D eigenvalue weighted by Crippen LogP contribution is 2.32. The van der Waals surface area contributed by atoms with Crippen molar-refractivity contribution in [3.05, 3.63) is 59.2 Å². The van der Waals surface area contributed by atoms with Crippen LogP contribution in [0.2, 0.25) is 0 Å². The van der Waals surface area contributed by atoms with Gasteiger partial charge in [-0.15, -0.1) is 0 Å². The Hall–Kier alpha value is -2.67. The third kappa shape index (κ3) is 3.71. The second-order valence-corrected chi connectivity index (χ2v) is 5.87. The van der Waals surface area contributed by atoms with Crippen LogP contribution in [0.3, 0.4) is 0 Å². The Morgan fingerprint density at radius 2 is 2.00 bits per heavy atom. The number of aryl methyl sites for hydroxylation is 1. The average Bonchev–Trinajstić information content (AvgIpc) is 2.86. The number of benzene rings is 2. The average molecular weight is 348 g/mol. The molecular formula is C18H18F2N2O3. The SMILES string of the molecule is Cc1cccc(OC(F)F)c1NC(=O)N[C@H]1c2ccccc2C[C@H]1O. The molecule has 0 saturated heterocycles. The summed E-state index contributed by atoms with van der Waals surface area (Å²) in [5.41, 5.74) is 2.57. The molecule has 0 unspecified atom stereocenters. The maximum atomic E-state index is 12.5. The second kappa shape index (κ2) is 7.06. The first-order chi connectivity index (χ1) is 12.0. The normalized spacial score (nSPS) is 18.8. The Bertz CT molecular complexity index is 783. The summed E-state index contributed by atoms with van der Waals surface area (Å²) in [7, 11) is 0. The summed E-state index contributed by atoms with van der Waals surface area (Å²) in [4.78, 5) is 12.3. The first kappa shape index (κ1) is 17.2. The Kier molecular flexibility index (Phi) is 4.85. The van der Waals surface area contributed by atoms with Crippen LogP contribution >= 0.6 is 0 Å². The number of ether oxygens (including phenoxy) is 1. The number of para-hydroxylation sites is 1. The van der Waals surface area contributed by atoms with E-state index in [1.165, 1.54) is 6.07 Å². The lowest BCUT2D eigenvalue weighted by Gasteiger charge is -2.20. The zero-order chi connectivity index (χ0) is 18.0. The molecule has 1 aliphatic rings. The number of amides is 2. The molecule has 0 bridgehead atoms. The lowest BCUT2D eigenvalue weighted by Crippen LogP contribution is -2.37. The van der Waals surface area contributed by atoms with E-state index in [0.29, 0.717) is 12.0 Å². The van der Waals surface area contributed by atoms with Gasteiger partial charge in [-0.25, -0.2) is 4.79 Å². The Balaban J connectivity index is 1.76. The first-order valence-electron chi connectivity index (χ1n) is 7.83. The lowest BCUT2D eigenvalue weighted by atomic mass is 10.1. The standard InChI is InChI=1S/C18H18F2N2O3/c1-10-5-4-8-14(25-17(19)20)15(10)21-18(24)22-16-12-7-3-2-6-11(12)9-13(16)23/h2-8,13,16-17,23H,9H2,1H3,(H2,21,22,24)/t13-,16+/m1/s1. The fourth-order valence-electron chi connectivity index (χ4n) is 3.03. The number of anilines is 1. The zero-order valence-corrected chi connectivity index (χ0v) is 13.5. The number of urea groups is 1. The number of fused-ring (bicyclic) bond motifs is 1. The van der Waals surface area contributed by atoms with Crippen LogP contribution in [0.15, 0.2) is 42.5 Å². The first-order valence-corrected chi connectivity index (χ1v) is 7.83. The van der Waals surface area contributed by atoms with Crippen molar-refractivity contribution in [3.63, 3.8) is 0 Å². The molecular weight excluding hydrogens is 330 g/mol. The largest absolute Gasteiger partial charge is 0.433 e. The van der Waals surface area contributed by atoms with Gasteiger partial charge in [0.1, 0.15) is 5.75 Å². The summed E-state index contributed by atoms with van der Waals surface area (Å²) in [6.07, 6.45) is -0.289. The molecule has 3 rings (SSSR count). The lowest BCUT2D eigenvalue weighted by molar-refractivity contribution is -0.0493. The molecule has 3 N–H and O–H groups in total. The summed E-state index contributed by atoms with van der Waals surface area (Å²) < 4.78 is 29.5. The molecule has 1 aliphatic carbocycles. The smallest absolute Gasteiger partial charge is 0.387 e. The van der Waals surface area contributed by atoms with Crippen molar-refractivity contribution < 1.29 is 23.4 Å². The summed E-state index contributed by atoms with van der Waals surface area (Å²) in [6.45, 7) is -1.32. The molecule has 0 spiro atoms. The number of hydrogen-bond donors (Lipinski definition) is 3. The van der Waals surface area contributed by atoms with Crippen molar-refractivity contribution >= 4 is 11.7 Å². The van der Waals surface area contributed by atoms with Crippen molar-refractivity contribution in [2.45, 2.75) is 32.1 Å². The van der Waals surface area contributed by atoms with Gasteiger partial charge in [-0.1, -0.05) is 36.4 Å². The van der Waals surface area contributed by atoms with Crippen molar-refractivity contribution in [1.82, 2.24) is 5.32 Å². The third-order valence-corrected chi connectivity index (χ3v) is 4.18. The molecule has 25 heavy (non-hydrogen) atoms. The molecule has 2 atom stereocenters. The van der Waals surface area contributed by atoms with Crippen LogP contribution in [0.25, 0.3) is 0 Å². The van der Waals surface area contributed by atoms with Crippen LogP contribution in [-0.2, 0) is 6.42 Å². The van der Waals surface area contributed by atoms with Crippen LogP contribution in [-0.4, -0.2) is 23.9 Å². The highest BCUT2D eigenvalue weighted by molar-refractivity contribution is 5.92. The van der Waals surface area contributed by atoms with E-state index in [4.69, 9.17) is 0 Å². The van der Waals surface area contributed by atoms with E-state index in [9.17, 15) is 18.7 Å². The number of aliphatic hydroxyl groups is 1. The van der Waals surface area contributed by atoms with Crippen molar-refractivity contribution in [3.8, 4) is 5.75 Å². The van der Waals surface area contributed by atoms with Gasteiger partial charge in [0.15, 0.2) is 0 Å². The summed E-state index contributed by atoms with van der Waals surface area (Å²) in [5.74, 6) is -0.113. The number of rotatable bonds is 4. The predicted molar refractivity (Wildman–Crippen MR) is 88.9 cm³/mol. The zero-order valence-electron chi connectivity index (χ0n) is 13.5. The summed E-state index contributed by atoms with van der Waals surface area (Å²) in [5, 5.41) is 15.4. The highest BCUT2D eigenvalue weighted by Gasteiger charge is 2.32. The van der Waals surface area contributed by atoms with Crippen LogP contribution in [0.4, 0.5) is 19.3 Å². The van der Waals surface area contributed by atoms with Gasteiger partial charge < -0.3 is 20.5 Å². The molecule has 0 heterocycles. The molecule has 2 aromatic rings. The fourth-order valence-corrected chi connectivity index (χ4v) is 3.03. The van der Waals surface area contributed by atoms with Gasteiger partial charge in [-0.05, 0) is 29.7 Å². The maximum absolute atomic E-state index is 12.5. The van der Waals surface area contributed by atoms with E-state index in [0.717, 1.165) is 11.1 Å². The van der Waals surface area contributed by atoms with E-state index >= 15 is 0 Å². The number of carbonyl (C=O) groups excluding carboxylic acids is 1. The molecule has 0 radical (unpaired) electrons. The molecule has 5 nitrogen and oxygen atoms in total. The molecule has 132 valence electrons. The Morgan fingerprint density at radius 1 is 1.24 bits per heavy atom. The molecule has 0 aliphatic heterocycles. The van der Waals surface area contributed by atoms with Crippen LogP contribution in [0, 0.1) is 6.92 Å². The van der Waals surface area contributed by atoms with Crippen molar-refractivity contribution in [1.29, 1.82) is 0 Å². The molecule has 0 aromatic heterocycles. The van der Waals surface area contributed by atoms with Crippen LogP contribution < -0.4 is 15.4 Å². The molecule has 0 saturated carbocycles. The molecule has 2 aromatic carbocycles. The Morgan fingerprint density at radius 3 is 2.76 bits per heavy atom. The number of nitrogens with one attached hydrogen (secondary N) is 2. The van der Waals surface area contributed by atoms with Gasteiger partial charge in [0, 0.05) is 6.42 Å². The number of halogens is 2. The Labute approximate surface area is 143 Å². The van der Waals surface area contributed by atoms with E-state index in [-0.39, 0.29) is 11.4 Å². The fraction of sp³-hybridized carbons (Fsp3) is 0.278. The summed E-state index contributed by atoms with van der Waals surface area (Å²) in [6, 6.07) is 10.9. The van der Waals surface area contributed by atoms with E-state index in [1.54, 1.807) is 19.1 Å². The van der Waals surface area contributed by atoms with Gasteiger partial charge in [0.05, 0.1) is 17.8 Å². The van der Waals surface area contributed by atoms with Gasteiger partial charge in [-0.3, -0.25) is 0 Å². The highest BCUT2D eigenvalue weighted by atomic mass is 19.3. The van der Waals surface area contributed by atoms with Gasteiger partial charge >= 0.3 is 12.6 Å². The predicted octanol–water partition coefficient (Wildman–Crippen LogP) is 3.38. The molecule has 7 heteroatoms. The number of hydrogen-bond acceptors (Lipinski definition) is 3. The van der Waals surface area contributed by atoms with E-state index in [1.807, 2.05) is 24.3 Å². The monoisotopic (exact) mass is 348 g/mol. The number of alkyl halides is 2. The molecule has 0 fully saturated rings. The maximum Gasteiger partial charge on any atom is 0.387 e. The van der Waals surface area contributed by atoms with Crippen molar-refractivity contribution in [2.75, 3.05) is 5.32 Å². The van der Waals surface area contributed by atoms with Gasteiger partial charge in [-0.2, -0.15) is 8.78 Å². The van der Waals surface area contributed by atoms with Gasteiger partial charge in [0.2, 0.25) is 0 Å². The van der Waals surface area contributed by atoms with Crippen LogP contribution in [0.1, 0.15) is 22.7 Å². The van der Waals surface area contributed by atoms with Gasteiger partial charge in [0.25, 0.3) is 0 Å². The minimum atomic E-state index is -2.99.